The zero-order valence-electron chi connectivity index (χ0n) is 23.8. The number of aromatic nitrogens is 1. The summed E-state index contributed by atoms with van der Waals surface area (Å²) in [6.45, 7) is 4.04. The van der Waals surface area contributed by atoms with Crippen molar-refractivity contribution in [2.75, 3.05) is 5.75 Å². The Morgan fingerprint density at radius 2 is 1.56 bits per heavy atom. The number of oxime groups is 1. The third-order valence-corrected chi connectivity index (χ3v) is 9.13. The van der Waals surface area contributed by atoms with Gasteiger partial charge >= 0.3 is 5.97 Å². The Bertz CT molecular complexity index is 1920. The number of hydrogen-bond acceptors (Lipinski definition) is 6. The fourth-order valence-electron chi connectivity index (χ4n) is 5.69. The molecule has 0 N–H and O–H groups in total. The van der Waals surface area contributed by atoms with E-state index in [-0.39, 0.29) is 16.6 Å². The molecule has 2 heterocycles. The van der Waals surface area contributed by atoms with E-state index in [1.807, 2.05) is 61.5 Å². The summed E-state index contributed by atoms with van der Waals surface area (Å²) in [5.41, 5.74) is 4.47. The maximum Gasteiger partial charge on any atom is 0.332 e. The van der Waals surface area contributed by atoms with Crippen LogP contribution in [0.4, 0.5) is 4.39 Å². The van der Waals surface area contributed by atoms with Crippen molar-refractivity contribution in [1.82, 2.24) is 4.57 Å². The molecular formula is C35H29FN2O4S. The quantitative estimate of drug-likeness (QED) is 0.0804. The van der Waals surface area contributed by atoms with Crippen molar-refractivity contribution in [1.29, 1.82) is 0 Å². The molecule has 6 rings (SSSR count). The number of hydrogen-bond donors (Lipinski definition) is 0. The van der Waals surface area contributed by atoms with Crippen LogP contribution < -0.4 is 0 Å². The summed E-state index contributed by atoms with van der Waals surface area (Å²) in [5.74, 6) is -0.838. The number of benzene rings is 4. The van der Waals surface area contributed by atoms with Gasteiger partial charge < -0.3 is 9.40 Å². The van der Waals surface area contributed by atoms with Gasteiger partial charge in [-0.15, -0.1) is 0 Å². The Morgan fingerprint density at radius 1 is 0.884 bits per heavy atom. The molecule has 0 saturated carbocycles. The van der Waals surface area contributed by atoms with Gasteiger partial charge in [0.25, 0.3) is 0 Å². The molecule has 216 valence electrons. The van der Waals surface area contributed by atoms with E-state index in [0.717, 1.165) is 51.5 Å². The highest BCUT2D eigenvalue weighted by Gasteiger charge is 2.26. The minimum atomic E-state index is -0.702. The molecule has 1 aliphatic heterocycles. The Labute approximate surface area is 252 Å². The van der Waals surface area contributed by atoms with Crippen LogP contribution in [0.3, 0.4) is 0 Å². The molecule has 4 aromatic carbocycles. The van der Waals surface area contributed by atoms with E-state index >= 15 is 4.39 Å². The van der Waals surface area contributed by atoms with Crippen LogP contribution in [0, 0.1) is 5.82 Å². The lowest BCUT2D eigenvalue weighted by molar-refractivity contribution is -0.140. The first kappa shape index (κ1) is 28.6. The second-order valence-corrected chi connectivity index (χ2v) is 11.8. The van der Waals surface area contributed by atoms with E-state index in [0.29, 0.717) is 23.4 Å². The summed E-state index contributed by atoms with van der Waals surface area (Å²) < 4.78 is 17.4. The van der Waals surface area contributed by atoms with Gasteiger partial charge in [0.2, 0.25) is 0 Å². The highest BCUT2D eigenvalue weighted by molar-refractivity contribution is 8.00. The number of ketones is 2. The highest BCUT2D eigenvalue weighted by Crippen LogP contribution is 2.33. The standard InChI is InChI=1S/C35H29FN2O4S/c1-3-38-30-15-12-23(33(37-42-21(2)39)22-8-5-4-6-9-22)18-27(30)28-19-24(13-16-31(28)38)34(40)26-14-11-25(20-29(26)36)35(41)32-10-7-17-43-32/h4-6,8-9,11-16,18-20,32H,3,7,10,17H2,1-2H3/b37-33+. The zero-order chi connectivity index (χ0) is 30.1. The predicted octanol–water partition coefficient (Wildman–Crippen LogP) is 7.58. The maximum atomic E-state index is 15.3. The van der Waals surface area contributed by atoms with Crippen LogP contribution >= 0.6 is 11.8 Å². The molecule has 1 atom stereocenters. The van der Waals surface area contributed by atoms with Crippen LogP contribution in [0.15, 0.2) is 90.1 Å². The van der Waals surface area contributed by atoms with Crippen molar-refractivity contribution in [3.63, 3.8) is 0 Å². The van der Waals surface area contributed by atoms with Crippen molar-refractivity contribution in [3.8, 4) is 0 Å². The zero-order valence-corrected chi connectivity index (χ0v) is 24.6. The van der Waals surface area contributed by atoms with Crippen molar-refractivity contribution < 1.29 is 23.6 Å². The second-order valence-electron chi connectivity index (χ2n) is 10.5. The summed E-state index contributed by atoms with van der Waals surface area (Å²) >= 11 is 1.60. The summed E-state index contributed by atoms with van der Waals surface area (Å²) in [4.78, 5) is 43.0. The van der Waals surface area contributed by atoms with Crippen molar-refractivity contribution in [3.05, 3.63) is 119 Å². The summed E-state index contributed by atoms with van der Waals surface area (Å²) in [6.07, 6.45) is 1.77. The Kier molecular flexibility index (Phi) is 7.95. The number of Topliss-reactive ketones (excluding diaryl/α,β-unsaturated/α-hetero) is 1. The number of halogens is 1. The van der Waals surface area contributed by atoms with E-state index in [4.69, 9.17) is 4.84 Å². The van der Waals surface area contributed by atoms with Gasteiger partial charge in [-0.2, -0.15) is 11.8 Å². The first-order valence-electron chi connectivity index (χ1n) is 14.2. The Morgan fingerprint density at radius 3 is 2.19 bits per heavy atom. The van der Waals surface area contributed by atoms with Gasteiger partial charge in [-0.05, 0) is 68.0 Å². The summed E-state index contributed by atoms with van der Waals surface area (Å²) in [5, 5.41) is 5.72. The molecule has 6 nitrogen and oxygen atoms in total. The molecule has 0 bridgehead atoms. The molecule has 1 aromatic heterocycles. The summed E-state index contributed by atoms with van der Waals surface area (Å²) in [6, 6.07) is 24.9. The third-order valence-electron chi connectivity index (χ3n) is 7.75. The van der Waals surface area contributed by atoms with Gasteiger partial charge in [0.05, 0.1) is 10.8 Å². The molecule has 5 aromatic rings. The van der Waals surface area contributed by atoms with E-state index in [1.165, 1.54) is 19.1 Å². The van der Waals surface area contributed by atoms with Crippen LogP contribution in [-0.4, -0.2) is 38.8 Å². The molecule has 1 saturated heterocycles. The maximum absolute atomic E-state index is 15.3. The smallest absolute Gasteiger partial charge is 0.332 e. The number of nitrogens with zero attached hydrogens (tertiary/aromatic N) is 2. The molecule has 0 radical (unpaired) electrons. The van der Waals surface area contributed by atoms with E-state index in [1.54, 1.807) is 30.0 Å². The number of carbonyl (C=O) groups is 3. The number of rotatable bonds is 8. The normalized spacial score (nSPS) is 15.2. The van der Waals surface area contributed by atoms with Gasteiger partial charge in [-0.3, -0.25) is 9.59 Å². The number of fused-ring (bicyclic) bond motifs is 3. The van der Waals surface area contributed by atoms with Gasteiger partial charge in [0, 0.05) is 57.5 Å². The molecule has 1 unspecified atom stereocenters. The SMILES string of the molecule is CCn1c2ccc(C(=O)c3ccc(C(=O)C4CCCS4)cc3F)cc2c2cc(/C(=N/OC(C)=O)c3ccccc3)ccc21. The molecule has 1 fully saturated rings. The predicted molar refractivity (Wildman–Crippen MR) is 169 cm³/mol. The van der Waals surface area contributed by atoms with Crippen LogP contribution in [0.25, 0.3) is 21.8 Å². The fourth-order valence-corrected chi connectivity index (χ4v) is 6.93. The van der Waals surface area contributed by atoms with E-state index in [9.17, 15) is 14.4 Å². The van der Waals surface area contributed by atoms with E-state index < -0.39 is 17.6 Å². The average molecular weight is 593 g/mol. The van der Waals surface area contributed by atoms with Crippen molar-refractivity contribution in [2.24, 2.45) is 5.16 Å². The van der Waals surface area contributed by atoms with Crippen LogP contribution in [0.5, 0.6) is 0 Å². The van der Waals surface area contributed by atoms with Gasteiger partial charge in [0.1, 0.15) is 11.5 Å². The highest BCUT2D eigenvalue weighted by atomic mass is 32.2. The molecule has 43 heavy (non-hydrogen) atoms. The lowest BCUT2D eigenvalue weighted by Gasteiger charge is -2.09. The van der Waals surface area contributed by atoms with Crippen LogP contribution in [0.1, 0.15) is 64.1 Å². The Balaban J connectivity index is 1.42. The number of aryl methyl sites for hydroxylation is 1. The number of carbonyl (C=O) groups excluding carboxylic acids is 3. The first-order chi connectivity index (χ1) is 20.9. The third kappa shape index (κ3) is 5.50. The molecular weight excluding hydrogens is 563 g/mol. The number of thioether (sulfide) groups is 1. The lowest BCUT2D eigenvalue weighted by Crippen LogP contribution is -2.15. The van der Waals surface area contributed by atoms with E-state index in [2.05, 4.69) is 9.72 Å². The molecule has 1 aliphatic rings. The average Bonchev–Trinajstić information content (AvgIpc) is 3.67. The Hall–Kier alpha value is -4.56. The molecule has 0 amide bonds. The molecule has 8 heteroatoms. The topological polar surface area (TPSA) is 77.7 Å². The van der Waals surface area contributed by atoms with Gasteiger partial charge in [-0.25, -0.2) is 9.18 Å². The van der Waals surface area contributed by atoms with Crippen molar-refractivity contribution in [2.45, 2.75) is 38.5 Å². The lowest BCUT2D eigenvalue weighted by atomic mass is 9.97. The van der Waals surface area contributed by atoms with Gasteiger partial charge in [-0.1, -0.05) is 47.6 Å². The summed E-state index contributed by atoms with van der Waals surface area (Å²) in [7, 11) is 0. The monoisotopic (exact) mass is 592 g/mol. The molecule has 0 aliphatic carbocycles. The largest absolute Gasteiger partial charge is 0.341 e. The fraction of sp³-hybridized carbons (Fsp3) is 0.200. The molecule has 0 spiro atoms. The van der Waals surface area contributed by atoms with Crippen molar-refractivity contribution >= 4 is 56.8 Å². The first-order valence-corrected chi connectivity index (χ1v) is 15.3. The van der Waals surface area contributed by atoms with Gasteiger partial charge in [0.15, 0.2) is 11.6 Å². The minimum absolute atomic E-state index is 0.0743. The van der Waals surface area contributed by atoms with Crippen LogP contribution in [-0.2, 0) is 16.2 Å². The second kappa shape index (κ2) is 12.0. The van der Waals surface area contributed by atoms with Crippen LogP contribution in [0.2, 0.25) is 0 Å². The minimum Gasteiger partial charge on any atom is -0.341 e.